The molecule has 0 aliphatic rings. The van der Waals surface area contributed by atoms with E-state index < -0.39 is 0 Å². The minimum absolute atomic E-state index is 0.0880. The van der Waals surface area contributed by atoms with Gasteiger partial charge in [0.2, 0.25) is 5.91 Å². The van der Waals surface area contributed by atoms with Crippen LogP contribution in [-0.4, -0.2) is 36.1 Å². The van der Waals surface area contributed by atoms with Crippen molar-refractivity contribution in [1.82, 2.24) is 4.90 Å². The molecule has 1 aromatic carbocycles. The fourth-order valence-electron chi connectivity index (χ4n) is 1.18. The fourth-order valence-corrected chi connectivity index (χ4v) is 1.32. The Hall–Kier alpha value is -1.36. The van der Waals surface area contributed by atoms with Gasteiger partial charge >= 0.3 is 0 Å². The van der Waals surface area contributed by atoms with Crippen LogP contribution in [0.5, 0.6) is 0 Å². The second-order valence-electron chi connectivity index (χ2n) is 3.46. The van der Waals surface area contributed by atoms with Crippen LogP contribution in [0, 0.1) is 0 Å². The molecule has 1 aromatic rings. The number of nitrogens with zero attached hydrogens (tertiary/aromatic N) is 1. The second-order valence-corrected chi connectivity index (χ2v) is 4.02. The maximum absolute atomic E-state index is 11.7. The zero-order valence-corrected chi connectivity index (χ0v) is 10.7. The Bertz CT molecular complexity index is 405. The summed E-state index contributed by atoms with van der Waals surface area (Å²) < 4.78 is 0. The van der Waals surface area contributed by atoms with Crippen LogP contribution >= 0.6 is 15.9 Å². The van der Waals surface area contributed by atoms with Gasteiger partial charge in [-0.15, -0.1) is 0 Å². The summed E-state index contributed by atoms with van der Waals surface area (Å²) in [6, 6.07) is 6.85. The molecule has 1 rings (SSSR count). The number of anilines is 1. The monoisotopic (exact) mass is 284 g/mol. The molecule has 16 heavy (non-hydrogen) atoms. The first-order chi connectivity index (χ1) is 7.54. The minimum atomic E-state index is -0.144. The number of carbonyl (C=O) groups excluding carboxylic acids is 2. The first kappa shape index (κ1) is 12.7. The Morgan fingerprint density at radius 1 is 1.38 bits per heavy atom. The van der Waals surface area contributed by atoms with Crippen molar-refractivity contribution in [2.24, 2.45) is 0 Å². The number of benzene rings is 1. The molecule has 0 unspecified atom stereocenters. The summed E-state index contributed by atoms with van der Waals surface area (Å²) in [4.78, 5) is 24.3. The van der Waals surface area contributed by atoms with Gasteiger partial charge in [-0.05, 0) is 18.2 Å². The van der Waals surface area contributed by atoms with E-state index in [1.165, 1.54) is 4.90 Å². The highest BCUT2D eigenvalue weighted by Crippen LogP contribution is 2.12. The SMILES string of the molecule is CN(C)C(=O)c1cccc(NC(=O)CBr)c1. The van der Waals surface area contributed by atoms with E-state index in [0.29, 0.717) is 11.3 Å². The Balaban J connectivity index is 2.87. The van der Waals surface area contributed by atoms with E-state index in [9.17, 15) is 9.59 Å². The third-order valence-electron chi connectivity index (χ3n) is 1.92. The van der Waals surface area contributed by atoms with Crippen LogP contribution in [0.15, 0.2) is 24.3 Å². The summed E-state index contributed by atoms with van der Waals surface area (Å²) >= 11 is 3.06. The maximum Gasteiger partial charge on any atom is 0.253 e. The highest BCUT2D eigenvalue weighted by molar-refractivity contribution is 9.09. The van der Waals surface area contributed by atoms with Crippen LogP contribution in [-0.2, 0) is 4.79 Å². The minimum Gasteiger partial charge on any atom is -0.345 e. The molecule has 2 amide bonds. The lowest BCUT2D eigenvalue weighted by atomic mass is 10.2. The van der Waals surface area contributed by atoms with E-state index >= 15 is 0 Å². The van der Waals surface area contributed by atoms with Crippen molar-refractivity contribution >= 4 is 33.4 Å². The number of rotatable bonds is 3. The average Bonchev–Trinajstić information content (AvgIpc) is 2.28. The van der Waals surface area contributed by atoms with Crippen LogP contribution in [0.4, 0.5) is 5.69 Å². The Labute approximate surface area is 103 Å². The standard InChI is InChI=1S/C11H13BrN2O2/c1-14(2)11(16)8-4-3-5-9(6-8)13-10(15)7-12/h3-6H,7H2,1-2H3,(H,13,15). The van der Waals surface area contributed by atoms with Gasteiger partial charge in [-0.25, -0.2) is 0 Å². The summed E-state index contributed by atoms with van der Waals surface area (Å²) in [7, 11) is 3.37. The first-order valence-electron chi connectivity index (χ1n) is 4.72. The highest BCUT2D eigenvalue weighted by Gasteiger charge is 2.08. The van der Waals surface area contributed by atoms with Gasteiger partial charge in [0.25, 0.3) is 5.91 Å². The van der Waals surface area contributed by atoms with Crippen LogP contribution in [0.3, 0.4) is 0 Å². The molecule has 86 valence electrons. The lowest BCUT2D eigenvalue weighted by molar-refractivity contribution is -0.113. The van der Waals surface area contributed by atoms with Gasteiger partial charge in [0.05, 0.1) is 5.33 Å². The van der Waals surface area contributed by atoms with Crippen molar-refractivity contribution in [3.8, 4) is 0 Å². The number of nitrogens with one attached hydrogen (secondary N) is 1. The van der Waals surface area contributed by atoms with E-state index in [4.69, 9.17) is 0 Å². The van der Waals surface area contributed by atoms with Crippen molar-refractivity contribution in [2.75, 3.05) is 24.7 Å². The molecule has 0 bridgehead atoms. The Morgan fingerprint density at radius 2 is 2.06 bits per heavy atom. The summed E-state index contributed by atoms with van der Waals surface area (Å²) in [5, 5.41) is 2.90. The molecule has 0 heterocycles. The Kier molecular flexibility index (Phi) is 4.49. The third-order valence-corrected chi connectivity index (χ3v) is 2.43. The van der Waals surface area contributed by atoms with E-state index in [1.54, 1.807) is 38.4 Å². The van der Waals surface area contributed by atoms with Crippen LogP contribution < -0.4 is 5.32 Å². The van der Waals surface area contributed by atoms with Crippen molar-refractivity contribution in [3.05, 3.63) is 29.8 Å². The van der Waals surface area contributed by atoms with Crippen molar-refractivity contribution in [3.63, 3.8) is 0 Å². The number of hydrogen-bond acceptors (Lipinski definition) is 2. The van der Waals surface area contributed by atoms with Gasteiger partial charge in [0.15, 0.2) is 0 Å². The lowest BCUT2D eigenvalue weighted by Crippen LogP contribution is -2.22. The van der Waals surface area contributed by atoms with Crippen molar-refractivity contribution < 1.29 is 9.59 Å². The van der Waals surface area contributed by atoms with Gasteiger partial charge in [-0.2, -0.15) is 0 Å². The normalized spacial score (nSPS) is 9.69. The quantitative estimate of drug-likeness (QED) is 0.860. The largest absolute Gasteiger partial charge is 0.345 e. The third kappa shape index (κ3) is 3.34. The topological polar surface area (TPSA) is 49.4 Å². The molecule has 0 atom stereocenters. The van der Waals surface area contributed by atoms with Gasteiger partial charge in [0.1, 0.15) is 0 Å². The molecular weight excluding hydrogens is 272 g/mol. The number of halogens is 1. The predicted octanol–water partition coefficient (Wildman–Crippen LogP) is 1.72. The van der Waals surface area contributed by atoms with Crippen molar-refractivity contribution in [1.29, 1.82) is 0 Å². The number of amides is 2. The molecule has 4 nitrogen and oxygen atoms in total. The summed E-state index contributed by atoms with van der Waals surface area (Å²) in [6.45, 7) is 0. The van der Waals surface area contributed by atoms with E-state index in [2.05, 4.69) is 21.2 Å². The lowest BCUT2D eigenvalue weighted by Gasteiger charge is -2.11. The van der Waals surface area contributed by atoms with Crippen LogP contribution in [0.25, 0.3) is 0 Å². The molecule has 0 aliphatic carbocycles. The van der Waals surface area contributed by atoms with E-state index in [-0.39, 0.29) is 17.1 Å². The molecule has 0 saturated heterocycles. The van der Waals surface area contributed by atoms with Gasteiger partial charge < -0.3 is 10.2 Å². The first-order valence-corrected chi connectivity index (χ1v) is 5.84. The summed E-state index contributed by atoms with van der Waals surface area (Å²) in [5.41, 5.74) is 1.18. The smallest absolute Gasteiger partial charge is 0.253 e. The molecule has 0 spiro atoms. The Morgan fingerprint density at radius 3 is 2.62 bits per heavy atom. The van der Waals surface area contributed by atoms with E-state index in [1.807, 2.05) is 0 Å². The number of hydrogen-bond donors (Lipinski definition) is 1. The highest BCUT2D eigenvalue weighted by atomic mass is 79.9. The molecule has 5 heteroatoms. The second kappa shape index (κ2) is 5.65. The zero-order chi connectivity index (χ0) is 12.1. The molecule has 0 aliphatic heterocycles. The molecule has 0 aromatic heterocycles. The van der Waals surface area contributed by atoms with E-state index in [0.717, 1.165) is 0 Å². The van der Waals surface area contributed by atoms with Gasteiger partial charge in [-0.3, -0.25) is 9.59 Å². The van der Waals surface area contributed by atoms with Crippen LogP contribution in [0.1, 0.15) is 10.4 Å². The molecule has 0 radical (unpaired) electrons. The average molecular weight is 285 g/mol. The van der Waals surface area contributed by atoms with Crippen molar-refractivity contribution in [2.45, 2.75) is 0 Å². The maximum atomic E-state index is 11.7. The van der Waals surface area contributed by atoms with Gasteiger partial charge in [-0.1, -0.05) is 22.0 Å². The van der Waals surface area contributed by atoms with Crippen LogP contribution in [0.2, 0.25) is 0 Å². The number of carbonyl (C=O) groups is 2. The zero-order valence-electron chi connectivity index (χ0n) is 9.16. The molecule has 0 fully saturated rings. The molecule has 0 saturated carbocycles. The molecule has 1 N–H and O–H groups in total. The predicted molar refractivity (Wildman–Crippen MR) is 66.9 cm³/mol. The summed E-state index contributed by atoms with van der Waals surface area (Å²) in [5.74, 6) is -0.232. The number of alkyl halides is 1. The summed E-state index contributed by atoms with van der Waals surface area (Å²) in [6.07, 6.45) is 0. The van der Waals surface area contributed by atoms with Gasteiger partial charge in [0, 0.05) is 25.3 Å². The molecular formula is C11H13BrN2O2. The fraction of sp³-hybridized carbons (Fsp3) is 0.273.